The fraction of sp³-hybridized carbons (Fsp3) is 0.481. The quantitative estimate of drug-likeness (QED) is 0.711. The number of ether oxygens (including phenoxy) is 1. The highest BCUT2D eigenvalue weighted by molar-refractivity contribution is 5.93. The summed E-state index contributed by atoms with van der Waals surface area (Å²) in [5, 5.41) is 3.03. The number of carbonyl (C=O) groups is 2. The third kappa shape index (κ3) is 5.89. The zero-order valence-corrected chi connectivity index (χ0v) is 20.5. The van der Waals surface area contributed by atoms with Crippen LogP contribution in [0.5, 0.6) is 5.75 Å². The van der Waals surface area contributed by atoms with Crippen LogP contribution in [0.2, 0.25) is 0 Å². The van der Waals surface area contributed by atoms with E-state index in [9.17, 15) is 9.59 Å². The van der Waals surface area contributed by atoms with Gasteiger partial charge < -0.3 is 19.9 Å². The maximum atomic E-state index is 13.1. The van der Waals surface area contributed by atoms with Crippen LogP contribution in [0, 0.1) is 19.8 Å². The Morgan fingerprint density at radius 1 is 0.971 bits per heavy atom. The Balaban J connectivity index is 1.21. The van der Waals surface area contributed by atoms with Crippen LogP contribution in [0.1, 0.15) is 24.0 Å². The lowest BCUT2D eigenvalue weighted by Crippen LogP contribution is -2.52. The Labute approximate surface area is 202 Å². The van der Waals surface area contributed by atoms with Crippen LogP contribution in [0.25, 0.3) is 0 Å². The molecule has 7 nitrogen and oxygen atoms in total. The first-order valence-electron chi connectivity index (χ1n) is 12.2. The molecule has 4 rings (SSSR count). The fourth-order valence-corrected chi connectivity index (χ4v) is 4.94. The van der Waals surface area contributed by atoms with Crippen molar-refractivity contribution in [2.75, 3.05) is 63.1 Å². The minimum atomic E-state index is 0.00499. The number of hydrogen-bond donors (Lipinski definition) is 1. The molecule has 2 amide bonds. The number of likely N-dealkylation sites (tertiary alicyclic amines) is 1. The van der Waals surface area contributed by atoms with Gasteiger partial charge in [-0.25, -0.2) is 0 Å². The molecule has 2 aliphatic heterocycles. The van der Waals surface area contributed by atoms with Gasteiger partial charge in [0.2, 0.25) is 11.8 Å². The number of nitrogens with zero attached hydrogens (tertiary/aromatic N) is 3. The van der Waals surface area contributed by atoms with Gasteiger partial charge in [-0.2, -0.15) is 0 Å². The molecule has 2 aromatic carbocycles. The molecular weight excluding hydrogens is 428 g/mol. The Bertz CT molecular complexity index is 1010. The van der Waals surface area contributed by atoms with E-state index in [-0.39, 0.29) is 17.7 Å². The summed E-state index contributed by atoms with van der Waals surface area (Å²) in [6, 6.07) is 14.1. The first-order chi connectivity index (χ1) is 16.4. The van der Waals surface area contributed by atoms with Gasteiger partial charge in [-0.3, -0.25) is 14.5 Å². The molecular formula is C27H36N4O3. The topological polar surface area (TPSA) is 65.1 Å². The van der Waals surface area contributed by atoms with E-state index in [2.05, 4.69) is 27.2 Å². The Morgan fingerprint density at radius 2 is 1.71 bits per heavy atom. The Kier molecular flexibility index (Phi) is 7.73. The Hall–Kier alpha value is -3.06. The van der Waals surface area contributed by atoms with Gasteiger partial charge in [-0.15, -0.1) is 0 Å². The zero-order valence-electron chi connectivity index (χ0n) is 20.5. The zero-order chi connectivity index (χ0) is 24.1. The molecule has 0 radical (unpaired) electrons. The number of anilines is 2. The van der Waals surface area contributed by atoms with Gasteiger partial charge in [-0.1, -0.05) is 23.8 Å². The van der Waals surface area contributed by atoms with Crippen molar-refractivity contribution in [3.63, 3.8) is 0 Å². The highest BCUT2D eigenvalue weighted by atomic mass is 16.5. The average molecular weight is 465 g/mol. The molecule has 7 heteroatoms. The van der Waals surface area contributed by atoms with Crippen molar-refractivity contribution in [1.82, 2.24) is 9.80 Å². The first kappa shape index (κ1) is 24.1. The van der Waals surface area contributed by atoms with Gasteiger partial charge in [0.15, 0.2) is 0 Å². The monoisotopic (exact) mass is 464 g/mol. The maximum absolute atomic E-state index is 13.1. The van der Waals surface area contributed by atoms with Crippen molar-refractivity contribution in [2.45, 2.75) is 26.7 Å². The first-order valence-corrected chi connectivity index (χ1v) is 12.2. The van der Waals surface area contributed by atoms with Crippen LogP contribution in [-0.2, 0) is 9.59 Å². The van der Waals surface area contributed by atoms with Crippen molar-refractivity contribution in [3.8, 4) is 5.75 Å². The van der Waals surface area contributed by atoms with Crippen molar-refractivity contribution >= 4 is 23.2 Å². The fourth-order valence-electron chi connectivity index (χ4n) is 4.94. The van der Waals surface area contributed by atoms with Crippen LogP contribution in [0.3, 0.4) is 0 Å². The molecule has 34 heavy (non-hydrogen) atoms. The lowest BCUT2D eigenvalue weighted by Gasteiger charge is -2.39. The molecule has 0 spiro atoms. The number of rotatable bonds is 6. The molecule has 182 valence electrons. The van der Waals surface area contributed by atoms with Crippen molar-refractivity contribution in [2.24, 2.45) is 5.92 Å². The van der Waals surface area contributed by atoms with Gasteiger partial charge in [-0.05, 0) is 63.5 Å². The van der Waals surface area contributed by atoms with Crippen LogP contribution in [0.4, 0.5) is 11.4 Å². The van der Waals surface area contributed by atoms with Crippen LogP contribution >= 0.6 is 0 Å². The van der Waals surface area contributed by atoms with Gasteiger partial charge in [0.25, 0.3) is 0 Å². The Morgan fingerprint density at radius 3 is 2.38 bits per heavy atom. The molecule has 1 N–H and O–H groups in total. The molecule has 0 aliphatic carbocycles. The average Bonchev–Trinajstić information content (AvgIpc) is 2.86. The summed E-state index contributed by atoms with van der Waals surface area (Å²) in [5.41, 5.74) is 4.26. The summed E-state index contributed by atoms with van der Waals surface area (Å²) in [6.45, 7) is 9.13. The smallest absolute Gasteiger partial charge is 0.238 e. The van der Waals surface area contributed by atoms with E-state index in [1.807, 2.05) is 49.1 Å². The largest absolute Gasteiger partial charge is 0.497 e. The van der Waals surface area contributed by atoms with Crippen LogP contribution in [-0.4, -0.2) is 74.5 Å². The molecule has 2 aromatic rings. The van der Waals surface area contributed by atoms with E-state index in [1.165, 1.54) is 5.56 Å². The van der Waals surface area contributed by atoms with Gasteiger partial charge in [0, 0.05) is 49.5 Å². The van der Waals surface area contributed by atoms with Crippen molar-refractivity contribution < 1.29 is 14.3 Å². The number of hydrogen-bond acceptors (Lipinski definition) is 5. The number of aryl methyl sites for hydroxylation is 2. The number of piperidine rings is 1. The van der Waals surface area contributed by atoms with E-state index >= 15 is 0 Å². The van der Waals surface area contributed by atoms with Crippen molar-refractivity contribution in [1.29, 1.82) is 0 Å². The highest BCUT2D eigenvalue weighted by Gasteiger charge is 2.31. The molecule has 2 fully saturated rings. The van der Waals surface area contributed by atoms with E-state index < -0.39 is 0 Å². The number of methoxy groups -OCH3 is 1. The molecule has 0 bridgehead atoms. The summed E-state index contributed by atoms with van der Waals surface area (Å²) < 4.78 is 5.34. The van der Waals surface area contributed by atoms with E-state index in [0.29, 0.717) is 6.54 Å². The normalized spacial score (nSPS) is 17.5. The predicted octanol–water partition coefficient (Wildman–Crippen LogP) is 3.31. The minimum Gasteiger partial charge on any atom is -0.497 e. The summed E-state index contributed by atoms with van der Waals surface area (Å²) in [4.78, 5) is 32.1. The highest BCUT2D eigenvalue weighted by Crippen LogP contribution is 2.24. The van der Waals surface area contributed by atoms with E-state index in [0.717, 1.165) is 74.8 Å². The van der Waals surface area contributed by atoms with E-state index in [4.69, 9.17) is 4.74 Å². The molecule has 0 unspecified atom stereocenters. The molecule has 0 atom stereocenters. The van der Waals surface area contributed by atoms with Gasteiger partial charge in [0.1, 0.15) is 5.75 Å². The summed E-state index contributed by atoms with van der Waals surface area (Å²) in [7, 11) is 1.68. The van der Waals surface area contributed by atoms with Gasteiger partial charge in [0.05, 0.1) is 13.7 Å². The second-order valence-corrected chi connectivity index (χ2v) is 9.43. The standard InChI is InChI=1S/C27H36N4O3/c1-20-7-8-25(21(2)17-20)28-26(32)19-29-11-9-22(10-12-29)27(33)31-15-13-30(14-16-31)23-5-4-6-24(18-23)34-3/h4-8,17-18,22H,9-16,19H2,1-3H3,(H,28,32). The summed E-state index contributed by atoms with van der Waals surface area (Å²) in [5.74, 6) is 1.18. The number of amides is 2. The molecule has 0 saturated carbocycles. The second-order valence-electron chi connectivity index (χ2n) is 9.43. The summed E-state index contributed by atoms with van der Waals surface area (Å²) in [6.07, 6.45) is 1.62. The molecule has 2 saturated heterocycles. The van der Waals surface area contributed by atoms with E-state index in [1.54, 1.807) is 7.11 Å². The predicted molar refractivity (Wildman–Crippen MR) is 135 cm³/mol. The molecule has 2 heterocycles. The number of piperazine rings is 1. The van der Waals surface area contributed by atoms with Gasteiger partial charge >= 0.3 is 0 Å². The number of benzene rings is 2. The number of carbonyl (C=O) groups excluding carboxylic acids is 2. The van der Waals surface area contributed by atoms with Crippen LogP contribution in [0.15, 0.2) is 42.5 Å². The number of nitrogens with one attached hydrogen (secondary N) is 1. The summed E-state index contributed by atoms with van der Waals surface area (Å²) >= 11 is 0. The maximum Gasteiger partial charge on any atom is 0.238 e. The second kappa shape index (κ2) is 10.9. The SMILES string of the molecule is COc1cccc(N2CCN(C(=O)C3CCN(CC(=O)Nc4ccc(C)cc4C)CC3)CC2)c1. The molecule has 2 aliphatic rings. The third-order valence-electron chi connectivity index (χ3n) is 6.97. The minimum absolute atomic E-state index is 0.00499. The molecule has 0 aromatic heterocycles. The van der Waals surface area contributed by atoms with Crippen LogP contribution < -0.4 is 15.0 Å². The van der Waals surface area contributed by atoms with Crippen molar-refractivity contribution in [3.05, 3.63) is 53.6 Å². The lowest BCUT2D eigenvalue weighted by atomic mass is 9.95. The lowest BCUT2D eigenvalue weighted by molar-refractivity contribution is -0.137. The third-order valence-corrected chi connectivity index (χ3v) is 6.97.